The molecule has 1 aromatic carbocycles. The lowest BCUT2D eigenvalue weighted by atomic mass is 10.1. The molecule has 1 aliphatic rings. The predicted molar refractivity (Wildman–Crippen MR) is 64.2 cm³/mol. The lowest BCUT2D eigenvalue weighted by Gasteiger charge is -2.26. The lowest BCUT2D eigenvalue weighted by molar-refractivity contribution is -0.167. The number of ether oxygens (including phenoxy) is 1. The standard InChI is InChI=1S/C13H16F3NO2/c1-8(17-12(5-6-12)13(14,15)16)10-4-3-9(19-2)7-11(10)18/h3-4,7-8,17-18H,5-6H2,1-2H3. The number of aromatic hydroxyl groups is 1. The van der Waals surface area contributed by atoms with Crippen LogP contribution in [0.4, 0.5) is 13.2 Å². The molecule has 3 nitrogen and oxygen atoms in total. The second-order valence-corrected chi connectivity index (χ2v) is 4.87. The highest BCUT2D eigenvalue weighted by atomic mass is 19.4. The van der Waals surface area contributed by atoms with Gasteiger partial charge in [0.1, 0.15) is 17.0 Å². The third-order valence-electron chi connectivity index (χ3n) is 3.49. The predicted octanol–water partition coefficient (Wildman–Crippen LogP) is 3.15. The summed E-state index contributed by atoms with van der Waals surface area (Å²) in [7, 11) is 1.46. The van der Waals surface area contributed by atoms with Gasteiger partial charge >= 0.3 is 6.18 Å². The van der Waals surface area contributed by atoms with Gasteiger partial charge in [0.05, 0.1) is 7.11 Å². The summed E-state index contributed by atoms with van der Waals surface area (Å²) in [6, 6.07) is 3.98. The summed E-state index contributed by atoms with van der Waals surface area (Å²) in [6.45, 7) is 1.60. The SMILES string of the molecule is COc1ccc(C(C)NC2(C(F)(F)F)CC2)c(O)c1. The highest BCUT2D eigenvalue weighted by Crippen LogP contribution is 2.50. The molecule has 0 heterocycles. The van der Waals surface area contributed by atoms with Gasteiger partial charge in [0, 0.05) is 17.7 Å². The first-order chi connectivity index (χ1) is 8.79. The zero-order chi connectivity index (χ0) is 14.3. The highest BCUT2D eigenvalue weighted by molar-refractivity contribution is 5.41. The third kappa shape index (κ3) is 2.63. The zero-order valence-electron chi connectivity index (χ0n) is 10.7. The molecule has 1 aliphatic carbocycles. The van der Waals surface area contributed by atoms with E-state index in [1.165, 1.54) is 13.2 Å². The maximum Gasteiger partial charge on any atom is 0.406 e. The third-order valence-corrected chi connectivity index (χ3v) is 3.49. The van der Waals surface area contributed by atoms with Crippen LogP contribution in [0.1, 0.15) is 31.4 Å². The molecule has 0 spiro atoms. The minimum atomic E-state index is -4.26. The second-order valence-electron chi connectivity index (χ2n) is 4.87. The van der Waals surface area contributed by atoms with Gasteiger partial charge in [-0.15, -0.1) is 0 Å². The zero-order valence-corrected chi connectivity index (χ0v) is 10.7. The van der Waals surface area contributed by atoms with Gasteiger partial charge < -0.3 is 9.84 Å². The maximum absolute atomic E-state index is 12.8. The molecular weight excluding hydrogens is 259 g/mol. The molecule has 0 bridgehead atoms. The number of hydrogen-bond acceptors (Lipinski definition) is 3. The monoisotopic (exact) mass is 275 g/mol. The number of halogens is 3. The van der Waals surface area contributed by atoms with E-state index in [0.29, 0.717) is 11.3 Å². The molecular formula is C13H16F3NO2. The Morgan fingerprint density at radius 3 is 2.42 bits per heavy atom. The summed E-state index contributed by atoms with van der Waals surface area (Å²) in [5.41, 5.74) is -1.37. The molecule has 1 aromatic rings. The van der Waals surface area contributed by atoms with Crippen LogP contribution in [0.2, 0.25) is 0 Å². The number of benzene rings is 1. The number of rotatable bonds is 4. The summed E-state index contributed by atoms with van der Waals surface area (Å²) in [5, 5.41) is 12.4. The van der Waals surface area contributed by atoms with Gasteiger partial charge in [-0.05, 0) is 25.8 Å². The Kier molecular flexibility index (Phi) is 3.38. The number of hydrogen-bond donors (Lipinski definition) is 2. The van der Waals surface area contributed by atoms with Gasteiger partial charge in [-0.1, -0.05) is 6.07 Å². The quantitative estimate of drug-likeness (QED) is 0.887. The summed E-state index contributed by atoms with van der Waals surface area (Å²) >= 11 is 0. The Hall–Kier alpha value is -1.43. The summed E-state index contributed by atoms with van der Waals surface area (Å²) in [5.74, 6) is 0.391. The number of phenols is 1. The average Bonchev–Trinajstić information content (AvgIpc) is 3.08. The fourth-order valence-electron chi connectivity index (χ4n) is 2.14. The fourth-order valence-corrected chi connectivity index (χ4v) is 2.14. The Morgan fingerprint density at radius 1 is 1.37 bits per heavy atom. The topological polar surface area (TPSA) is 41.5 Å². The van der Waals surface area contributed by atoms with E-state index in [4.69, 9.17) is 4.74 Å². The highest BCUT2D eigenvalue weighted by Gasteiger charge is 2.63. The van der Waals surface area contributed by atoms with Crippen molar-refractivity contribution >= 4 is 0 Å². The van der Waals surface area contributed by atoms with Crippen LogP contribution in [0.15, 0.2) is 18.2 Å². The van der Waals surface area contributed by atoms with Gasteiger partial charge in [0.25, 0.3) is 0 Å². The van der Waals surface area contributed by atoms with Crippen molar-refractivity contribution in [2.45, 2.75) is 37.5 Å². The van der Waals surface area contributed by atoms with E-state index in [0.717, 1.165) is 0 Å². The van der Waals surface area contributed by atoms with Crippen LogP contribution in [-0.2, 0) is 0 Å². The van der Waals surface area contributed by atoms with Crippen LogP contribution in [0.3, 0.4) is 0 Å². The van der Waals surface area contributed by atoms with E-state index < -0.39 is 17.8 Å². The normalized spacial score (nSPS) is 19.0. The van der Waals surface area contributed by atoms with Gasteiger partial charge in [-0.3, -0.25) is 5.32 Å². The molecule has 1 atom stereocenters. The molecule has 2 N–H and O–H groups in total. The Balaban J connectivity index is 2.15. The van der Waals surface area contributed by atoms with Crippen LogP contribution in [0.25, 0.3) is 0 Å². The molecule has 1 unspecified atom stereocenters. The van der Waals surface area contributed by atoms with Gasteiger partial charge in [0.2, 0.25) is 0 Å². The lowest BCUT2D eigenvalue weighted by Crippen LogP contribution is -2.45. The first-order valence-corrected chi connectivity index (χ1v) is 6.00. The van der Waals surface area contributed by atoms with Crippen molar-refractivity contribution in [3.63, 3.8) is 0 Å². The average molecular weight is 275 g/mol. The van der Waals surface area contributed by atoms with Crippen molar-refractivity contribution in [2.24, 2.45) is 0 Å². The van der Waals surface area contributed by atoms with Crippen molar-refractivity contribution in [1.29, 1.82) is 0 Å². The van der Waals surface area contributed by atoms with Crippen molar-refractivity contribution in [1.82, 2.24) is 5.32 Å². The van der Waals surface area contributed by atoms with Gasteiger partial charge in [-0.2, -0.15) is 13.2 Å². The number of nitrogens with one attached hydrogen (secondary N) is 1. The number of phenolic OH excluding ortho intramolecular Hbond substituents is 1. The Bertz CT molecular complexity index is 469. The molecule has 106 valence electrons. The van der Waals surface area contributed by atoms with Gasteiger partial charge in [0.15, 0.2) is 0 Å². The number of methoxy groups -OCH3 is 1. The Morgan fingerprint density at radius 2 is 2.00 bits per heavy atom. The fraction of sp³-hybridized carbons (Fsp3) is 0.538. The molecule has 0 saturated heterocycles. The minimum Gasteiger partial charge on any atom is -0.507 e. The van der Waals surface area contributed by atoms with Crippen LogP contribution in [-0.4, -0.2) is 23.9 Å². The van der Waals surface area contributed by atoms with Crippen LogP contribution in [0, 0.1) is 0 Å². The molecule has 0 amide bonds. The molecule has 0 radical (unpaired) electrons. The van der Waals surface area contributed by atoms with E-state index >= 15 is 0 Å². The van der Waals surface area contributed by atoms with E-state index in [1.54, 1.807) is 19.1 Å². The van der Waals surface area contributed by atoms with Crippen molar-refractivity contribution < 1.29 is 23.0 Å². The maximum atomic E-state index is 12.8. The largest absolute Gasteiger partial charge is 0.507 e. The summed E-state index contributed by atoms with van der Waals surface area (Å²) < 4.78 is 43.5. The summed E-state index contributed by atoms with van der Waals surface area (Å²) in [4.78, 5) is 0. The van der Waals surface area contributed by atoms with Crippen LogP contribution >= 0.6 is 0 Å². The van der Waals surface area contributed by atoms with Crippen molar-refractivity contribution in [2.75, 3.05) is 7.11 Å². The van der Waals surface area contributed by atoms with E-state index in [2.05, 4.69) is 5.32 Å². The molecule has 0 aromatic heterocycles. The van der Waals surface area contributed by atoms with Crippen molar-refractivity contribution in [3.05, 3.63) is 23.8 Å². The summed E-state index contributed by atoms with van der Waals surface area (Å²) in [6.07, 6.45) is -4.10. The first kappa shape index (κ1) is 14.0. The van der Waals surface area contributed by atoms with E-state index in [-0.39, 0.29) is 18.6 Å². The number of alkyl halides is 3. The van der Waals surface area contributed by atoms with Crippen molar-refractivity contribution in [3.8, 4) is 11.5 Å². The molecule has 19 heavy (non-hydrogen) atoms. The van der Waals surface area contributed by atoms with Crippen LogP contribution < -0.4 is 10.1 Å². The Labute approximate surface area is 109 Å². The van der Waals surface area contributed by atoms with E-state index in [9.17, 15) is 18.3 Å². The molecule has 0 aliphatic heterocycles. The molecule has 1 fully saturated rings. The minimum absolute atomic E-state index is 0.0719. The second kappa shape index (κ2) is 4.59. The van der Waals surface area contributed by atoms with E-state index in [1.807, 2.05) is 0 Å². The first-order valence-electron chi connectivity index (χ1n) is 6.00. The molecule has 6 heteroatoms. The van der Waals surface area contributed by atoms with Gasteiger partial charge in [-0.25, -0.2) is 0 Å². The smallest absolute Gasteiger partial charge is 0.406 e. The molecule has 2 rings (SSSR count). The van der Waals surface area contributed by atoms with Crippen LogP contribution in [0.5, 0.6) is 11.5 Å². The molecule has 1 saturated carbocycles.